The molecule has 18 heavy (non-hydrogen) atoms. The van der Waals surface area contributed by atoms with Crippen LogP contribution in [0.25, 0.3) is 0 Å². The van der Waals surface area contributed by atoms with Crippen molar-refractivity contribution in [3.8, 4) is 5.88 Å². The van der Waals surface area contributed by atoms with E-state index in [1.54, 1.807) is 19.2 Å². The maximum Gasteiger partial charge on any atom is 0.225 e. The summed E-state index contributed by atoms with van der Waals surface area (Å²) in [6.45, 7) is 7.67. The third kappa shape index (κ3) is 6.36. The maximum atomic E-state index is 9.06. The molecule has 1 aromatic rings. The molecule has 6 heteroatoms. The van der Waals surface area contributed by atoms with Crippen LogP contribution in [0.3, 0.4) is 0 Å². The lowest BCUT2D eigenvalue weighted by molar-refractivity contribution is 0.192. The van der Waals surface area contributed by atoms with Crippen LogP contribution in [0.4, 0.5) is 5.95 Å². The van der Waals surface area contributed by atoms with Gasteiger partial charge in [0.2, 0.25) is 11.8 Å². The van der Waals surface area contributed by atoms with Gasteiger partial charge in [0.25, 0.3) is 0 Å². The van der Waals surface area contributed by atoms with E-state index in [1.807, 2.05) is 13.8 Å². The summed E-state index contributed by atoms with van der Waals surface area (Å²) >= 11 is 0. The van der Waals surface area contributed by atoms with E-state index in [0.717, 1.165) is 6.54 Å². The first-order valence-electron chi connectivity index (χ1n) is 6.20. The Morgan fingerprint density at radius 3 is 2.78 bits per heavy atom. The van der Waals surface area contributed by atoms with Crippen molar-refractivity contribution in [1.29, 1.82) is 0 Å². The van der Waals surface area contributed by atoms with Crippen molar-refractivity contribution < 1.29 is 9.84 Å². The Kier molecular flexibility index (Phi) is 6.38. The second-order valence-electron chi connectivity index (χ2n) is 4.37. The van der Waals surface area contributed by atoms with Gasteiger partial charge in [0, 0.05) is 31.9 Å². The van der Waals surface area contributed by atoms with Gasteiger partial charge in [0.1, 0.15) is 0 Å². The summed E-state index contributed by atoms with van der Waals surface area (Å²) < 4.78 is 5.47. The van der Waals surface area contributed by atoms with Gasteiger partial charge < -0.3 is 20.5 Å². The Morgan fingerprint density at radius 2 is 2.11 bits per heavy atom. The Hall–Kier alpha value is -1.40. The molecule has 0 aliphatic rings. The number of ether oxygens (including phenoxy) is 1. The normalized spacial score (nSPS) is 12.5. The number of aliphatic hydroxyl groups is 1. The van der Waals surface area contributed by atoms with Crippen molar-refractivity contribution >= 4 is 5.95 Å². The van der Waals surface area contributed by atoms with Crippen molar-refractivity contribution in [2.24, 2.45) is 0 Å². The lowest BCUT2D eigenvalue weighted by Crippen LogP contribution is -2.29. The minimum atomic E-state index is -0.330. The van der Waals surface area contributed by atoms with Crippen molar-refractivity contribution in [2.75, 3.05) is 25.0 Å². The van der Waals surface area contributed by atoms with Crippen LogP contribution in [0, 0.1) is 0 Å². The SMILES string of the molecule is CC(O)CNCCNc1nccc(OC(C)C)n1. The molecule has 1 aromatic heterocycles. The Bertz CT molecular complexity index is 345. The second-order valence-corrected chi connectivity index (χ2v) is 4.37. The Balaban J connectivity index is 2.29. The zero-order valence-corrected chi connectivity index (χ0v) is 11.2. The van der Waals surface area contributed by atoms with Gasteiger partial charge >= 0.3 is 0 Å². The number of aliphatic hydroxyl groups excluding tert-OH is 1. The number of aromatic nitrogens is 2. The van der Waals surface area contributed by atoms with Crippen LogP contribution in [0.15, 0.2) is 12.3 Å². The van der Waals surface area contributed by atoms with Crippen LogP contribution in [-0.2, 0) is 0 Å². The third-order valence-electron chi connectivity index (χ3n) is 2.01. The number of nitrogens with zero attached hydrogens (tertiary/aromatic N) is 2. The predicted octanol–water partition coefficient (Wildman–Crippen LogP) is 0.646. The summed E-state index contributed by atoms with van der Waals surface area (Å²) in [5.41, 5.74) is 0. The fourth-order valence-electron chi connectivity index (χ4n) is 1.31. The molecular formula is C12H22N4O2. The smallest absolute Gasteiger partial charge is 0.225 e. The van der Waals surface area contributed by atoms with E-state index in [9.17, 15) is 0 Å². The molecular weight excluding hydrogens is 232 g/mol. The number of hydrogen-bond donors (Lipinski definition) is 3. The molecule has 0 saturated heterocycles. The second kappa shape index (κ2) is 7.84. The zero-order valence-electron chi connectivity index (χ0n) is 11.2. The highest BCUT2D eigenvalue weighted by Crippen LogP contribution is 2.09. The van der Waals surface area contributed by atoms with Crippen molar-refractivity contribution in [3.63, 3.8) is 0 Å². The highest BCUT2D eigenvalue weighted by atomic mass is 16.5. The molecule has 1 atom stereocenters. The summed E-state index contributed by atoms with van der Waals surface area (Å²) in [5, 5.41) is 15.3. The Morgan fingerprint density at radius 1 is 1.33 bits per heavy atom. The maximum absolute atomic E-state index is 9.06. The molecule has 0 saturated carbocycles. The predicted molar refractivity (Wildman–Crippen MR) is 70.8 cm³/mol. The van der Waals surface area contributed by atoms with Gasteiger partial charge in [-0.25, -0.2) is 4.98 Å². The van der Waals surface area contributed by atoms with Crippen molar-refractivity contribution in [1.82, 2.24) is 15.3 Å². The van der Waals surface area contributed by atoms with Gasteiger partial charge in [-0.15, -0.1) is 0 Å². The van der Waals surface area contributed by atoms with E-state index in [-0.39, 0.29) is 12.2 Å². The molecule has 1 heterocycles. The van der Waals surface area contributed by atoms with Gasteiger partial charge in [0.05, 0.1) is 12.2 Å². The average molecular weight is 254 g/mol. The summed E-state index contributed by atoms with van der Waals surface area (Å²) in [7, 11) is 0. The molecule has 1 unspecified atom stereocenters. The molecule has 0 spiro atoms. The topological polar surface area (TPSA) is 79.3 Å². The van der Waals surface area contributed by atoms with Crippen LogP contribution >= 0.6 is 0 Å². The monoisotopic (exact) mass is 254 g/mol. The minimum Gasteiger partial charge on any atom is -0.475 e. The molecule has 0 fully saturated rings. The molecule has 0 aromatic carbocycles. The van der Waals surface area contributed by atoms with Crippen molar-refractivity contribution in [2.45, 2.75) is 33.0 Å². The van der Waals surface area contributed by atoms with Crippen LogP contribution in [0.5, 0.6) is 5.88 Å². The van der Waals surface area contributed by atoms with Gasteiger partial charge in [-0.1, -0.05) is 0 Å². The zero-order chi connectivity index (χ0) is 13.4. The summed E-state index contributed by atoms with van der Waals surface area (Å²) in [6, 6.07) is 1.73. The third-order valence-corrected chi connectivity index (χ3v) is 2.01. The molecule has 6 nitrogen and oxygen atoms in total. The van der Waals surface area contributed by atoms with Crippen LogP contribution in [0.1, 0.15) is 20.8 Å². The van der Waals surface area contributed by atoms with Gasteiger partial charge in [0.15, 0.2) is 0 Å². The highest BCUT2D eigenvalue weighted by molar-refractivity contribution is 5.27. The first kappa shape index (κ1) is 14.7. The van der Waals surface area contributed by atoms with E-state index in [4.69, 9.17) is 9.84 Å². The van der Waals surface area contributed by atoms with Crippen LogP contribution in [0.2, 0.25) is 0 Å². The molecule has 1 rings (SSSR count). The largest absolute Gasteiger partial charge is 0.475 e. The first-order chi connectivity index (χ1) is 8.58. The lowest BCUT2D eigenvalue weighted by atomic mass is 10.4. The number of anilines is 1. The van der Waals surface area contributed by atoms with E-state index < -0.39 is 0 Å². The minimum absolute atomic E-state index is 0.0976. The van der Waals surface area contributed by atoms with Crippen LogP contribution < -0.4 is 15.4 Å². The molecule has 0 amide bonds. The number of rotatable bonds is 8. The number of hydrogen-bond acceptors (Lipinski definition) is 6. The van der Waals surface area contributed by atoms with E-state index in [0.29, 0.717) is 24.9 Å². The molecule has 0 aliphatic carbocycles. The lowest BCUT2D eigenvalue weighted by Gasteiger charge is -2.10. The molecule has 102 valence electrons. The van der Waals surface area contributed by atoms with Crippen LogP contribution in [-0.4, -0.2) is 46.9 Å². The number of nitrogens with one attached hydrogen (secondary N) is 2. The fraction of sp³-hybridized carbons (Fsp3) is 0.667. The van der Waals surface area contributed by atoms with E-state index >= 15 is 0 Å². The average Bonchev–Trinajstić information content (AvgIpc) is 2.27. The first-order valence-corrected chi connectivity index (χ1v) is 6.20. The summed E-state index contributed by atoms with van der Waals surface area (Å²) in [6.07, 6.45) is 1.43. The molecule has 0 radical (unpaired) electrons. The van der Waals surface area contributed by atoms with Gasteiger partial charge in [-0.2, -0.15) is 4.98 Å². The van der Waals surface area contributed by atoms with Gasteiger partial charge in [-0.05, 0) is 20.8 Å². The fourth-order valence-corrected chi connectivity index (χ4v) is 1.31. The van der Waals surface area contributed by atoms with E-state index in [1.165, 1.54) is 0 Å². The molecule has 0 aliphatic heterocycles. The van der Waals surface area contributed by atoms with E-state index in [2.05, 4.69) is 20.6 Å². The standard InChI is InChI=1S/C12H22N4O2/c1-9(2)18-11-4-5-14-12(16-11)15-7-6-13-8-10(3)17/h4-5,9-10,13,17H,6-8H2,1-3H3,(H,14,15,16). The summed E-state index contributed by atoms with van der Waals surface area (Å²) in [5.74, 6) is 1.12. The van der Waals surface area contributed by atoms with Gasteiger partial charge in [-0.3, -0.25) is 0 Å². The van der Waals surface area contributed by atoms with Crippen molar-refractivity contribution in [3.05, 3.63) is 12.3 Å². The molecule has 0 bridgehead atoms. The summed E-state index contributed by atoms with van der Waals surface area (Å²) in [4.78, 5) is 8.32. The molecule has 3 N–H and O–H groups in total. The Labute approximate surface area is 108 Å². The highest BCUT2D eigenvalue weighted by Gasteiger charge is 2.01. The quantitative estimate of drug-likeness (QED) is 0.591.